The fraction of sp³-hybridized carbons (Fsp3) is 0.417. The molecule has 0 fully saturated rings. The van der Waals surface area contributed by atoms with E-state index in [9.17, 15) is 18.0 Å². The summed E-state index contributed by atoms with van der Waals surface area (Å²) < 4.78 is 43.4. The number of hydrogen-bond donors (Lipinski definition) is 2. The van der Waals surface area contributed by atoms with Gasteiger partial charge in [-0.25, -0.2) is 4.68 Å². The van der Waals surface area contributed by atoms with Gasteiger partial charge in [0.1, 0.15) is 17.5 Å². The molecule has 1 atom stereocenters. The molecule has 0 bridgehead atoms. The molecule has 11 heteroatoms. The number of halogens is 3. The molecule has 8 nitrogen and oxygen atoms in total. The van der Waals surface area contributed by atoms with Crippen molar-refractivity contribution >= 4 is 5.91 Å². The third-order valence-electron chi connectivity index (χ3n) is 5.13. The van der Waals surface area contributed by atoms with Crippen LogP contribution in [0.2, 0.25) is 0 Å². The summed E-state index contributed by atoms with van der Waals surface area (Å²) in [6.45, 7) is 4.96. The molecular weight excluding hydrogens is 463 g/mol. The zero-order valence-electron chi connectivity index (χ0n) is 19.7. The topological polar surface area (TPSA) is 102 Å². The highest BCUT2D eigenvalue weighted by Crippen LogP contribution is 2.24. The normalized spacial score (nSPS) is 12.9. The number of alkyl halides is 3. The van der Waals surface area contributed by atoms with Gasteiger partial charge >= 0.3 is 6.18 Å². The van der Waals surface area contributed by atoms with Crippen LogP contribution < -0.4 is 10.1 Å². The van der Waals surface area contributed by atoms with Crippen LogP contribution in [0.3, 0.4) is 0 Å². The van der Waals surface area contributed by atoms with Crippen LogP contribution in [0, 0.1) is 0 Å². The Morgan fingerprint density at radius 1 is 1.11 bits per heavy atom. The number of benzene rings is 1. The van der Waals surface area contributed by atoms with E-state index in [4.69, 9.17) is 9.84 Å². The highest BCUT2D eigenvalue weighted by Gasteiger charge is 2.28. The number of nitrogens with zero attached hydrogens (tertiary/aromatic N) is 4. The second-order valence-corrected chi connectivity index (χ2v) is 9.08. The summed E-state index contributed by atoms with van der Waals surface area (Å²) in [6, 6.07) is 9.77. The van der Waals surface area contributed by atoms with Gasteiger partial charge in [0.15, 0.2) is 6.61 Å². The lowest BCUT2D eigenvalue weighted by molar-refractivity contribution is -0.153. The van der Waals surface area contributed by atoms with Crippen molar-refractivity contribution in [3.63, 3.8) is 0 Å². The van der Waals surface area contributed by atoms with E-state index in [1.165, 1.54) is 16.8 Å². The first kappa shape index (κ1) is 26.1. The van der Waals surface area contributed by atoms with Gasteiger partial charge in [0.2, 0.25) is 5.91 Å². The number of hydrogen-bond acceptors (Lipinski definition) is 6. The van der Waals surface area contributed by atoms with Crippen LogP contribution in [0.1, 0.15) is 49.3 Å². The summed E-state index contributed by atoms with van der Waals surface area (Å²) in [5.41, 5.74) is 2.68. The molecule has 0 aliphatic heterocycles. The molecule has 3 aromatic rings. The molecule has 2 aromatic heterocycles. The van der Waals surface area contributed by atoms with Gasteiger partial charge < -0.3 is 15.2 Å². The number of carbonyl (C=O) groups is 1. The SMILES string of the molecule is CC(C)(C)c1ccc(CC(=O)N[C@H](c2ccc(OCC(F)(F)F)cn2)c2cn(CCO)nn2)cc1. The van der Waals surface area contributed by atoms with Gasteiger partial charge in [0.25, 0.3) is 0 Å². The summed E-state index contributed by atoms with van der Waals surface area (Å²) in [4.78, 5) is 17.1. The zero-order chi connectivity index (χ0) is 25.6. The summed E-state index contributed by atoms with van der Waals surface area (Å²) in [5.74, 6) is -0.353. The van der Waals surface area contributed by atoms with Crippen molar-refractivity contribution in [2.75, 3.05) is 13.2 Å². The van der Waals surface area contributed by atoms with E-state index < -0.39 is 18.8 Å². The van der Waals surface area contributed by atoms with Gasteiger partial charge in [-0.2, -0.15) is 13.2 Å². The van der Waals surface area contributed by atoms with Gasteiger partial charge in [-0.15, -0.1) is 5.10 Å². The molecule has 0 saturated carbocycles. The maximum atomic E-state index is 12.9. The maximum absolute atomic E-state index is 12.9. The quantitative estimate of drug-likeness (QED) is 0.476. The molecule has 2 heterocycles. The first-order valence-electron chi connectivity index (χ1n) is 11.0. The smallest absolute Gasteiger partial charge is 0.422 e. The summed E-state index contributed by atoms with van der Waals surface area (Å²) in [5, 5.41) is 20.0. The van der Waals surface area contributed by atoms with Crippen molar-refractivity contribution in [1.82, 2.24) is 25.3 Å². The number of ether oxygens (including phenoxy) is 1. The molecule has 2 N–H and O–H groups in total. The fourth-order valence-electron chi connectivity index (χ4n) is 3.29. The zero-order valence-corrected chi connectivity index (χ0v) is 19.7. The summed E-state index contributed by atoms with van der Waals surface area (Å²) in [6.07, 6.45) is -1.64. The van der Waals surface area contributed by atoms with Crippen LogP contribution >= 0.6 is 0 Å². The standard InChI is InChI=1S/C24H28F3N5O3/c1-23(2,3)17-6-4-16(5-7-17)12-21(34)29-22(20-14-32(10-11-33)31-30-20)19-9-8-18(13-28-19)35-15-24(25,26)27/h4-9,13-14,22,33H,10-12,15H2,1-3H3,(H,29,34)/t22-/m1/s1. The van der Waals surface area contributed by atoms with Gasteiger partial charge in [0.05, 0.1) is 37.7 Å². The van der Waals surface area contributed by atoms with Crippen LogP contribution in [0.5, 0.6) is 5.75 Å². The van der Waals surface area contributed by atoms with Crippen molar-refractivity contribution in [3.05, 3.63) is 71.3 Å². The van der Waals surface area contributed by atoms with Crippen LogP contribution in [0.25, 0.3) is 0 Å². The first-order chi connectivity index (χ1) is 16.4. The highest BCUT2D eigenvalue weighted by molar-refractivity contribution is 5.79. The van der Waals surface area contributed by atoms with Gasteiger partial charge in [0, 0.05) is 0 Å². The number of pyridine rings is 1. The molecular formula is C24H28F3N5O3. The Labute approximate surface area is 201 Å². The lowest BCUT2D eigenvalue weighted by Gasteiger charge is -2.19. The number of amides is 1. The van der Waals surface area contributed by atoms with Crippen molar-refractivity contribution < 1.29 is 27.8 Å². The summed E-state index contributed by atoms with van der Waals surface area (Å²) in [7, 11) is 0. The van der Waals surface area contributed by atoms with Gasteiger partial charge in [-0.05, 0) is 28.7 Å². The lowest BCUT2D eigenvalue weighted by atomic mass is 9.86. The second kappa shape index (κ2) is 10.9. The van der Waals surface area contributed by atoms with E-state index >= 15 is 0 Å². The number of nitrogens with one attached hydrogen (secondary N) is 1. The minimum Gasteiger partial charge on any atom is -0.483 e. The van der Waals surface area contributed by atoms with Gasteiger partial charge in [-0.3, -0.25) is 9.78 Å². The maximum Gasteiger partial charge on any atom is 0.422 e. The average Bonchev–Trinajstić information content (AvgIpc) is 3.24. The van der Waals surface area contributed by atoms with E-state index in [0.29, 0.717) is 11.4 Å². The molecule has 0 radical (unpaired) electrons. The van der Waals surface area contributed by atoms with Crippen molar-refractivity contribution in [1.29, 1.82) is 0 Å². The second-order valence-electron chi connectivity index (χ2n) is 9.08. The van der Waals surface area contributed by atoms with Crippen molar-refractivity contribution in [2.45, 2.75) is 51.4 Å². The Hall–Kier alpha value is -3.47. The molecule has 0 unspecified atom stereocenters. The monoisotopic (exact) mass is 491 g/mol. The number of aliphatic hydroxyl groups is 1. The number of aromatic nitrogens is 4. The largest absolute Gasteiger partial charge is 0.483 e. The van der Waals surface area contributed by atoms with E-state index in [1.807, 2.05) is 24.3 Å². The Kier molecular flexibility index (Phi) is 8.11. The number of carbonyl (C=O) groups excluding carboxylic acids is 1. The van der Waals surface area contributed by atoms with E-state index in [0.717, 1.165) is 17.3 Å². The molecule has 188 valence electrons. The van der Waals surface area contributed by atoms with Crippen LogP contribution in [0.4, 0.5) is 13.2 Å². The van der Waals surface area contributed by atoms with Crippen molar-refractivity contribution in [2.24, 2.45) is 0 Å². The molecule has 0 aliphatic carbocycles. The predicted molar refractivity (Wildman–Crippen MR) is 122 cm³/mol. The molecule has 0 spiro atoms. The van der Waals surface area contributed by atoms with E-state index in [-0.39, 0.29) is 36.6 Å². The molecule has 0 saturated heterocycles. The predicted octanol–water partition coefficient (Wildman–Crippen LogP) is 3.35. The van der Waals surface area contributed by atoms with Crippen LogP contribution in [-0.4, -0.2) is 50.4 Å². The Morgan fingerprint density at radius 3 is 2.40 bits per heavy atom. The lowest BCUT2D eigenvalue weighted by Crippen LogP contribution is -2.31. The van der Waals surface area contributed by atoms with Crippen molar-refractivity contribution in [3.8, 4) is 5.75 Å². The minimum absolute atomic E-state index is 0.00603. The third kappa shape index (κ3) is 7.78. The highest BCUT2D eigenvalue weighted by atomic mass is 19.4. The van der Waals surface area contributed by atoms with Gasteiger partial charge in [-0.1, -0.05) is 50.3 Å². The molecule has 0 aliphatic rings. The van der Waals surface area contributed by atoms with Crippen LogP contribution in [-0.2, 0) is 23.2 Å². The Balaban J connectivity index is 1.77. The first-order valence-corrected chi connectivity index (χ1v) is 11.0. The average molecular weight is 492 g/mol. The number of rotatable bonds is 9. The Morgan fingerprint density at radius 2 is 1.83 bits per heavy atom. The minimum atomic E-state index is -4.47. The third-order valence-corrected chi connectivity index (χ3v) is 5.13. The molecule has 1 aromatic carbocycles. The van der Waals surface area contributed by atoms with Crippen LogP contribution in [0.15, 0.2) is 48.8 Å². The molecule has 3 rings (SSSR count). The van der Waals surface area contributed by atoms with E-state index in [1.54, 1.807) is 6.20 Å². The number of aliphatic hydroxyl groups excluding tert-OH is 1. The Bertz CT molecular complexity index is 1110. The molecule has 35 heavy (non-hydrogen) atoms. The molecule has 1 amide bonds. The van der Waals surface area contributed by atoms with E-state index in [2.05, 4.69) is 41.4 Å². The summed E-state index contributed by atoms with van der Waals surface area (Å²) >= 11 is 0. The fourth-order valence-corrected chi connectivity index (χ4v) is 3.29.